The standard InChI is InChI=1S/C87H170O17P2/c1-8-9-10-11-12-13-14-15-16-17-21-24-30-35-40-47-54-61-68-84(89)97-74-82(103-86(91)70-63-56-48-41-36-31-25-22-19-18-20-23-28-33-38-44-51-58-65-78(2)3)76-101-105(93,94)99-72-81(88)73-100-106(95,96)102-77-83(75-98-85(90)69-62-55-50-43-46-53-60-67-80(6)7)104-87(92)71-64-57-49-42-37-32-27-26-29-34-39-45-52-59-66-79(4)5/h78-83,88H,8-77H2,1-7H3,(H,93,94)(H,95,96)/t81-,82-,83-/m1/s1. The second-order valence-corrected chi connectivity index (χ2v) is 35.6. The molecule has 0 spiro atoms. The lowest BCUT2D eigenvalue weighted by Gasteiger charge is -2.21. The van der Waals surface area contributed by atoms with E-state index in [4.69, 9.17) is 37.0 Å². The van der Waals surface area contributed by atoms with Gasteiger partial charge >= 0.3 is 39.5 Å². The third kappa shape index (κ3) is 80.1. The van der Waals surface area contributed by atoms with Crippen LogP contribution in [-0.4, -0.2) is 96.7 Å². The van der Waals surface area contributed by atoms with Crippen LogP contribution in [-0.2, 0) is 65.4 Å². The highest BCUT2D eigenvalue weighted by Gasteiger charge is 2.30. The Morgan fingerprint density at radius 1 is 0.255 bits per heavy atom. The Balaban J connectivity index is 5.23. The molecule has 0 aromatic heterocycles. The molecule has 19 heteroatoms. The van der Waals surface area contributed by atoms with Crippen LogP contribution in [0.4, 0.5) is 0 Å². The van der Waals surface area contributed by atoms with Crippen LogP contribution in [0.2, 0.25) is 0 Å². The maximum atomic E-state index is 13.2. The van der Waals surface area contributed by atoms with Crippen molar-refractivity contribution in [2.24, 2.45) is 17.8 Å². The summed E-state index contributed by atoms with van der Waals surface area (Å²) in [6.07, 6.45) is 68.2. The normalized spacial score (nSPS) is 13.9. The van der Waals surface area contributed by atoms with Crippen LogP contribution >= 0.6 is 15.6 Å². The van der Waals surface area contributed by atoms with Gasteiger partial charge in [0.1, 0.15) is 19.3 Å². The van der Waals surface area contributed by atoms with Crippen molar-refractivity contribution in [1.29, 1.82) is 0 Å². The zero-order valence-electron chi connectivity index (χ0n) is 69.9. The monoisotopic (exact) mass is 1550 g/mol. The summed E-state index contributed by atoms with van der Waals surface area (Å²) in [5.41, 5.74) is 0. The Kier molecular flexibility index (Phi) is 75.6. The number of unbranched alkanes of at least 4 members (excludes halogenated alkanes) is 53. The highest BCUT2D eigenvalue weighted by Crippen LogP contribution is 2.45. The van der Waals surface area contributed by atoms with Crippen molar-refractivity contribution < 1.29 is 80.2 Å². The summed E-state index contributed by atoms with van der Waals surface area (Å²) in [6, 6.07) is 0. The van der Waals surface area contributed by atoms with Crippen LogP contribution in [0.15, 0.2) is 0 Å². The largest absolute Gasteiger partial charge is 0.472 e. The molecule has 5 atom stereocenters. The summed E-state index contributed by atoms with van der Waals surface area (Å²) in [7, 11) is -9.93. The molecule has 0 aliphatic carbocycles. The highest BCUT2D eigenvalue weighted by atomic mass is 31.2. The molecule has 17 nitrogen and oxygen atoms in total. The fraction of sp³-hybridized carbons (Fsp3) is 0.954. The van der Waals surface area contributed by atoms with Crippen molar-refractivity contribution in [2.75, 3.05) is 39.6 Å². The molecule has 106 heavy (non-hydrogen) atoms. The van der Waals surface area contributed by atoms with Crippen molar-refractivity contribution >= 4 is 39.5 Å². The molecule has 3 N–H and O–H groups in total. The van der Waals surface area contributed by atoms with Gasteiger partial charge in [0.05, 0.1) is 26.4 Å². The quantitative estimate of drug-likeness (QED) is 0.0222. The summed E-state index contributed by atoms with van der Waals surface area (Å²) in [4.78, 5) is 73.2. The van der Waals surface area contributed by atoms with Gasteiger partial charge < -0.3 is 33.8 Å². The minimum Gasteiger partial charge on any atom is -0.462 e. The summed E-state index contributed by atoms with van der Waals surface area (Å²) in [6.45, 7) is 12.0. The fourth-order valence-electron chi connectivity index (χ4n) is 13.5. The number of hydrogen-bond acceptors (Lipinski definition) is 15. The number of phosphoric acid groups is 2. The number of ether oxygens (including phenoxy) is 4. The van der Waals surface area contributed by atoms with Crippen LogP contribution < -0.4 is 0 Å². The van der Waals surface area contributed by atoms with Gasteiger partial charge in [-0.1, -0.05) is 408 Å². The zero-order valence-corrected chi connectivity index (χ0v) is 71.7. The van der Waals surface area contributed by atoms with Gasteiger partial charge in [-0.25, -0.2) is 9.13 Å². The van der Waals surface area contributed by atoms with E-state index in [1.807, 2.05) is 0 Å². The van der Waals surface area contributed by atoms with Crippen molar-refractivity contribution in [1.82, 2.24) is 0 Å². The first kappa shape index (κ1) is 104. The van der Waals surface area contributed by atoms with Crippen LogP contribution in [0.25, 0.3) is 0 Å². The molecule has 2 unspecified atom stereocenters. The maximum absolute atomic E-state index is 13.2. The van der Waals surface area contributed by atoms with Crippen LogP contribution in [0, 0.1) is 17.8 Å². The number of esters is 4. The molecule has 0 fully saturated rings. The lowest BCUT2D eigenvalue weighted by molar-refractivity contribution is -0.161. The van der Waals surface area contributed by atoms with Crippen molar-refractivity contribution in [3.8, 4) is 0 Å². The molecular weight excluding hydrogens is 1380 g/mol. The van der Waals surface area contributed by atoms with Crippen LogP contribution in [0.3, 0.4) is 0 Å². The van der Waals surface area contributed by atoms with E-state index in [2.05, 4.69) is 48.5 Å². The Labute approximate surface area is 651 Å². The van der Waals surface area contributed by atoms with E-state index in [1.165, 1.54) is 263 Å². The van der Waals surface area contributed by atoms with Crippen LogP contribution in [0.5, 0.6) is 0 Å². The first-order chi connectivity index (χ1) is 51.2. The molecule has 0 saturated heterocycles. The number of hydrogen-bond donors (Lipinski definition) is 3. The SMILES string of the molecule is CCCCCCCCCCCCCCCCCCCCC(=O)OC[C@H](COP(=O)(O)OC[C@@H](O)COP(=O)(O)OC[C@@H](COC(=O)CCCCCCCCCC(C)C)OC(=O)CCCCCCCCCCCCCCCCC(C)C)OC(=O)CCCCCCCCCCCCCCCCCCCCC(C)C. The summed E-state index contributed by atoms with van der Waals surface area (Å²) < 4.78 is 68.9. The van der Waals surface area contributed by atoms with E-state index in [1.54, 1.807) is 0 Å². The third-order valence-electron chi connectivity index (χ3n) is 20.4. The van der Waals surface area contributed by atoms with Gasteiger partial charge in [-0.2, -0.15) is 0 Å². The minimum atomic E-state index is -4.97. The number of phosphoric ester groups is 2. The fourth-order valence-corrected chi connectivity index (χ4v) is 15.1. The number of rotatable bonds is 85. The van der Waals surface area contributed by atoms with E-state index in [0.29, 0.717) is 31.6 Å². The van der Waals surface area contributed by atoms with Gasteiger partial charge in [0.15, 0.2) is 12.2 Å². The summed E-state index contributed by atoms with van der Waals surface area (Å²) >= 11 is 0. The van der Waals surface area contributed by atoms with E-state index in [9.17, 15) is 43.2 Å². The van der Waals surface area contributed by atoms with Gasteiger partial charge in [-0.3, -0.25) is 37.3 Å². The molecular formula is C87H170O17P2. The van der Waals surface area contributed by atoms with Crippen LogP contribution in [0.1, 0.15) is 459 Å². The second kappa shape index (κ2) is 77.0. The summed E-state index contributed by atoms with van der Waals surface area (Å²) in [5, 5.41) is 10.7. The maximum Gasteiger partial charge on any atom is 0.472 e. The van der Waals surface area contributed by atoms with Gasteiger partial charge in [-0.15, -0.1) is 0 Å². The van der Waals surface area contributed by atoms with Crippen molar-refractivity contribution in [3.63, 3.8) is 0 Å². The molecule has 0 heterocycles. The summed E-state index contributed by atoms with van der Waals surface area (Å²) in [5.74, 6) is 0.216. The van der Waals surface area contributed by atoms with E-state index in [0.717, 1.165) is 108 Å². The van der Waals surface area contributed by atoms with E-state index < -0.39 is 97.5 Å². The third-order valence-corrected chi connectivity index (χ3v) is 22.3. The topological polar surface area (TPSA) is 237 Å². The first-order valence-corrected chi connectivity index (χ1v) is 47.8. The molecule has 0 bridgehead atoms. The Morgan fingerprint density at radius 2 is 0.434 bits per heavy atom. The molecule has 0 saturated carbocycles. The Bertz CT molecular complexity index is 2040. The Hall–Kier alpha value is -1.94. The van der Waals surface area contributed by atoms with Gasteiger partial charge in [-0.05, 0) is 43.4 Å². The smallest absolute Gasteiger partial charge is 0.462 e. The average molecular weight is 1550 g/mol. The van der Waals surface area contributed by atoms with Gasteiger partial charge in [0.25, 0.3) is 0 Å². The molecule has 0 amide bonds. The lowest BCUT2D eigenvalue weighted by atomic mass is 10.0. The number of aliphatic hydroxyl groups excluding tert-OH is 1. The number of carbonyl (C=O) groups excluding carboxylic acids is 4. The predicted molar refractivity (Wildman–Crippen MR) is 437 cm³/mol. The van der Waals surface area contributed by atoms with E-state index >= 15 is 0 Å². The predicted octanol–water partition coefficient (Wildman–Crippen LogP) is 26.5. The number of carbonyl (C=O) groups is 4. The zero-order chi connectivity index (χ0) is 77.9. The lowest BCUT2D eigenvalue weighted by Crippen LogP contribution is -2.30. The molecule has 0 aliphatic rings. The van der Waals surface area contributed by atoms with Crippen molar-refractivity contribution in [3.05, 3.63) is 0 Å². The molecule has 0 aromatic carbocycles. The molecule has 0 aromatic rings. The highest BCUT2D eigenvalue weighted by molar-refractivity contribution is 7.47. The molecule has 630 valence electrons. The van der Waals surface area contributed by atoms with Gasteiger partial charge in [0, 0.05) is 25.7 Å². The minimum absolute atomic E-state index is 0.107. The molecule has 0 rings (SSSR count). The number of aliphatic hydroxyl groups is 1. The molecule has 0 radical (unpaired) electrons. The first-order valence-electron chi connectivity index (χ1n) is 44.8. The van der Waals surface area contributed by atoms with E-state index in [-0.39, 0.29) is 25.7 Å². The van der Waals surface area contributed by atoms with Crippen molar-refractivity contribution in [2.45, 2.75) is 478 Å². The molecule has 0 aliphatic heterocycles. The second-order valence-electron chi connectivity index (χ2n) is 32.7. The Morgan fingerprint density at radius 3 is 0.642 bits per heavy atom. The van der Waals surface area contributed by atoms with Gasteiger partial charge in [0.2, 0.25) is 0 Å². The average Bonchev–Trinajstić information content (AvgIpc) is 0.902.